The Labute approximate surface area is 180 Å². The van der Waals surface area contributed by atoms with Gasteiger partial charge in [0.15, 0.2) is 5.82 Å². The van der Waals surface area contributed by atoms with E-state index in [0.717, 1.165) is 35.7 Å². The average Bonchev–Trinajstić information content (AvgIpc) is 2.78. The summed E-state index contributed by atoms with van der Waals surface area (Å²) in [5.41, 5.74) is 3.87. The second-order valence-corrected chi connectivity index (χ2v) is 7.35. The van der Waals surface area contributed by atoms with Crippen LogP contribution in [-0.4, -0.2) is 42.5 Å². The van der Waals surface area contributed by atoms with Crippen LogP contribution in [0.2, 0.25) is 5.02 Å². The normalized spacial score (nSPS) is 13.7. The molecule has 0 unspecified atom stereocenters. The number of nitrogens with zero attached hydrogens (tertiary/aromatic N) is 3. The molecule has 30 heavy (non-hydrogen) atoms. The van der Waals surface area contributed by atoms with Crippen molar-refractivity contribution in [2.45, 2.75) is 6.92 Å². The number of amides is 2. The van der Waals surface area contributed by atoms with Gasteiger partial charge in [0.1, 0.15) is 0 Å². The van der Waals surface area contributed by atoms with Crippen LogP contribution in [0.3, 0.4) is 0 Å². The molecule has 1 aliphatic heterocycles. The molecular weight excluding hydrogens is 402 g/mol. The SMILES string of the molecule is Cc1c(Cl)cccc1NC(=O)Nc1ccc(-c2ccc(N3CCOCC3)nn2)cc1. The Morgan fingerprint density at radius 1 is 1.00 bits per heavy atom. The summed E-state index contributed by atoms with van der Waals surface area (Å²) in [5.74, 6) is 0.855. The third-order valence-corrected chi connectivity index (χ3v) is 5.35. The molecule has 2 N–H and O–H groups in total. The molecule has 0 aliphatic carbocycles. The summed E-state index contributed by atoms with van der Waals surface area (Å²) < 4.78 is 5.37. The number of rotatable bonds is 4. The highest BCUT2D eigenvalue weighted by Gasteiger charge is 2.13. The molecule has 0 bridgehead atoms. The van der Waals surface area contributed by atoms with Crippen molar-refractivity contribution in [2.24, 2.45) is 0 Å². The monoisotopic (exact) mass is 423 g/mol. The number of aromatic nitrogens is 2. The molecule has 154 valence electrons. The van der Waals surface area contributed by atoms with Gasteiger partial charge in [-0.3, -0.25) is 0 Å². The van der Waals surface area contributed by atoms with Gasteiger partial charge < -0.3 is 20.3 Å². The molecule has 0 radical (unpaired) electrons. The summed E-state index contributed by atoms with van der Waals surface area (Å²) in [5, 5.41) is 14.9. The van der Waals surface area contributed by atoms with Crippen molar-refractivity contribution in [3.8, 4) is 11.3 Å². The molecule has 2 aromatic carbocycles. The van der Waals surface area contributed by atoms with E-state index in [-0.39, 0.29) is 6.03 Å². The minimum Gasteiger partial charge on any atom is -0.378 e. The van der Waals surface area contributed by atoms with E-state index in [9.17, 15) is 4.79 Å². The van der Waals surface area contributed by atoms with E-state index in [4.69, 9.17) is 16.3 Å². The number of hydrogen-bond acceptors (Lipinski definition) is 5. The van der Waals surface area contributed by atoms with Crippen LogP contribution in [0.4, 0.5) is 22.0 Å². The Morgan fingerprint density at radius 3 is 2.47 bits per heavy atom. The van der Waals surface area contributed by atoms with Gasteiger partial charge in [0, 0.05) is 35.1 Å². The molecule has 7 nitrogen and oxygen atoms in total. The van der Waals surface area contributed by atoms with Crippen molar-refractivity contribution < 1.29 is 9.53 Å². The quantitative estimate of drug-likeness (QED) is 0.641. The van der Waals surface area contributed by atoms with Gasteiger partial charge in [0.05, 0.1) is 18.9 Å². The van der Waals surface area contributed by atoms with Crippen LogP contribution in [0.1, 0.15) is 5.56 Å². The van der Waals surface area contributed by atoms with Gasteiger partial charge in [-0.05, 0) is 48.9 Å². The Bertz CT molecular complexity index is 1020. The maximum Gasteiger partial charge on any atom is 0.323 e. The number of anilines is 3. The van der Waals surface area contributed by atoms with Gasteiger partial charge in [-0.2, -0.15) is 0 Å². The number of carbonyl (C=O) groups excluding carboxylic acids is 1. The molecule has 1 aromatic heterocycles. The Morgan fingerprint density at radius 2 is 1.77 bits per heavy atom. The largest absolute Gasteiger partial charge is 0.378 e. The molecule has 4 rings (SSSR count). The summed E-state index contributed by atoms with van der Waals surface area (Å²) in [4.78, 5) is 14.4. The average molecular weight is 424 g/mol. The first-order valence-electron chi connectivity index (χ1n) is 9.70. The number of carbonyl (C=O) groups is 1. The van der Waals surface area contributed by atoms with Gasteiger partial charge in [-0.15, -0.1) is 10.2 Å². The third kappa shape index (κ3) is 4.69. The highest BCUT2D eigenvalue weighted by Crippen LogP contribution is 2.24. The van der Waals surface area contributed by atoms with Crippen LogP contribution in [0, 0.1) is 6.92 Å². The van der Waals surface area contributed by atoms with E-state index in [1.807, 2.05) is 49.4 Å². The zero-order valence-electron chi connectivity index (χ0n) is 16.6. The van der Waals surface area contributed by atoms with Gasteiger partial charge in [0.2, 0.25) is 0 Å². The standard InChI is InChI=1S/C22H22ClN5O2/c1-15-18(23)3-2-4-19(15)25-22(29)24-17-7-5-16(6-8-17)20-9-10-21(27-26-20)28-11-13-30-14-12-28/h2-10H,11-14H2,1H3,(H2,24,25,29). The fourth-order valence-electron chi connectivity index (χ4n) is 3.19. The molecule has 0 atom stereocenters. The topological polar surface area (TPSA) is 79.4 Å². The van der Waals surface area contributed by atoms with Crippen LogP contribution in [0.5, 0.6) is 0 Å². The first-order valence-corrected chi connectivity index (χ1v) is 10.1. The summed E-state index contributed by atoms with van der Waals surface area (Å²) in [6.45, 7) is 4.93. The smallest absolute Gasteiger partial charge is 0.323 e. The molecule has 0 saturated carbocycles. The second-order valence-electron chi connectivity index (χ2n) is 6.95. The van der Waals surface area contributed by atoms with Crippen LogP contribution in [0.25, 0.3) is 11.3 Å². The van der Waals surface area contributed by atoms with E-state index in [1.165, 1.54) is 0 Å². The summed E-state index contributed by atoms with van der Waals surface area (Å²) >= 11 is 6.10. The molecule has 8 heteroatoms. The molecule has 2 heterocycles. The second kappa shape index (κ2) is 9.11. The predicted octanol–water partition coefficient (Wildman–Crippen LogP) is 4.59. The Kier molecular flexibility index (Phi) is 6.11. The lowest BCUT2D eigenvalue weighted by Crippen LogP contribution is -2.36. The highest BCUT2D eigenvalue weighted by atomic mass is 35.5. The summed E-state index contributed by atoms with van der Waals surface area (Å²) in [7, 11) is 0. The first kappa shape index (κ1) is 20.1. The van der Waals surface area contributed by atoms with Gasteiger partial charge in [-0.1, -0.05) is 29.8 Å². The molecule has 1 aliphatic rings. The molecule has 2 amide bonds. The molecule has 0 spiro atoms. The van der Waals surface area contributed by atoms with Gasteiger partial charge >= 0.3 is 6.03 Å². The minimum absolute atomic E-state index is 0.331. The van der Waals surface area contributed by atoms with Crippen LogP contribution < -0.4 is 15.5 Å². The van der Waals surface area contributed by atoms with Crippen molar-refractivity contribution in [1.82, 2.24) is 10.2 Å². The van der Waals surface area contributed by atoms with Crippen molar-refractivity contribution in [1.29, 1.82) is 0 Å². The number of morpholine rings is 1. The van der Waals surface area contributed by atoms with Crippen molar-refractivity contribution in [2.75, 3.05) is 41.8 Å². The van der Waals surface area contributed by atoms with Crippen molar-refractivity contribution in [3.05, 3.63) is 65.2 Å². The number of hydrogen-bond donors (Lipinski definition) is 2. The lowest BCUT2D eigenvalue weighted by Gasteiger charge is -2.27. The van der Waals surface area contributed by atoms with Crippen molar-refractivity contribution in [3.63, 3.8) is 0 Å². The number of ether oxygens (including phenoxy) is 1. The maximum atomic E-state index is 12.3. The van der Waals surface area contributed by atoms with Crippen LogP contribution in [0.15, 0.2) is 54.6 Å². The number of urea groups is 1. The first-order chi connectivity index (χ1) is 14.6. The molecule has 3 aromatic rings. The lowest BCUT2D eigenvalue weighted by atomic mass is 10.1. The Balaban J connectivity index is 1.39. The molecule has 1 saturated heterocycles. The van der Waals surface area contributed by atoms with E-state index >= 15 is 0 Å². The van der Waals surface area contributed by atoms with E-state index in [0.29, 0.717) is 29.6 Å². The maximum absolute atomic E-state index is 12.3. The van der Waals surface area contributed by atoms with Crippen LogP contribution >= 0.6 is 11.6 Å². The summed E-state index contributed by atoms with van der Waals surface area (Å²) in [6.07, 6.45) is 0. The molecule has 1 fully saturated rings. The summed E-state index contributed by atoms with van der Waals surface area (Å²) in [6, 6.07) is 16.5. The highest BCUT2D eigenvalue weighted by molar-refractivity contribution is 6.31. The predicted molar refractivity (Wildman–Crippen MR) is 119 cm³/mol. The van der Waals surface area contributed by atoms with E-state index < -0.39 is 0 Å². The lowest BCUT2D eigenvalue weighted by molar-refractivity contribution is 0.122. The fourth-order valence-corrected chi connectivity index (χ4v) is 3.37. The fraction of sp³-hybridized carbons (Fsp3) is 0.227. The van der Waals surface area contributed by atoms with E-state index in [1.54, 1.807) is 12.1 Å². The van der Waals surface area contributed by atoms with E-state index in [2.05, 4.69) is 25.7 Å². The van der Waals surface area contributed by atoms with Crippen LogP contribution in [-0.2, 0) is 4.74 Å². The van der Waals surface area contributed by atoms with Crippen molar-refractivity contribution >= 4 is 34.8 Å². The third-order valence-electron chi connectivity index (χ3n) is 4.94. The van der Waals surface area contributed by atoms with Gasteiger partial charge in [-0.25, -0.2) is 4.79 Å². The number of benzene rings is 2. The molecular formula is C22H22ClN5O2. The minimum atomic E-state index is -0.331. The zero-order valence-corrected chi connectivity index (χ0v) is 17.3. The zero-order chi connectivity index (χ0) is 20.9. The van der Waals surface area contributed by atoms with Gasteiger partial charge in [0.25, 0.3) is 0 Å². The number of halogens is 1. The number of nitrogens with one attached hydrogen (secondary N) is 2. The Hall–Kier alpha value is -3.16.